The largest absolute Gasteiger partial charge is 0.396 e. The summed E-state index contributed by atoms with van der Waals surface area (Å²) in [6.45, 7) is 2.22. The lowest BCUT2D eigenvalue weighted by Gasteiger charge is -2.38. The molecule has 1 aromatic heterocycles. The van der Waals surface area contributed by atoms with E-state index in [0.717, 1.165) is 11.4 Å². The van der Waals surface area contributed by atoms with Crippen molar-refractivity contribution in [2.45, 2.75) is 37.5 Å². The Kier molecular flexibility index (Phi) is 3.43. The molecule has 2 unspecified atom stereocenters. The number of nitrogen functional groups attached to an aromatic ring is 1. The molecule has 7 heteroatoms. The molecule has 0 amide bonds. The molecule has 1 saturated carbocycles. The molecule has 0 saturated heterocycles. The van der Waals surface area contributed by atoms with E-state index < -0.39 is 11.7 Å². The van der Waals surface area contributed by atoms with E-state index in [1.165, 1.54) is 0 Å². The minimum Gasteiger partial charge on any atom is -0.396 e. The van der Waals surface area contributed by atoms with Gasteiger partial charge in [-0.15, -0.1) is 0 Å². The van der Waals surface area contributed by atoms with Crippen LogP contribution in [0.5, 0.6) is 0 Å². The average molecular weight is 294 g/mol. The lowest BCUT2D eigenvalue weighted by atomic mass is 9.90. The quantitative estimate of drug-likeness (QED) is 0.521. The molecule has 116 valence electrons. The summed E-state index contributed by atoms with van der Waals surface area (Å²) in [6.07, 6.45) is 1.65. The number of fused-ring (bicyclic) bond motifs is 1. The number of rotatable bonds is 3. The third-order valence-electron chi connectivity index (χ3n) is 4.93. The summed E-state index contributed by atoms with van der Waals surface area (Å²) in [5.41, 5.74) is 6.26. The molecule has 21 heavy (non-hydrogen) atoms. The lowest BCUT2D eigenvalue weighted by Crippen LogP contribution is -2.54. The maximum atomic E-state index is 10.9. The summed E-state index contributed by atoms with van der Waals surface area (Å²) in [7, 11) is 0. The fourth-order valence-electron chi connectivity index (χ4n) is 3.66. The summed E-state index contributed by atoms with van der Waals surface area (Å²) in [6, 6.07) is 1.57. The van der Waals surface area contributed by atoms with Crippen LogP contribution in [0.25, 0.3) is 0 Å². The molecule has 3 rings (SSSR count). The van der Waals surface area contributed by atoms with E-state index in [1.54, 1.807) is 6.20 Å². The van der Waals surface area contributed by atoms with Crippen molar-refractivity contribution in [3.8, 4) is 0 Å². The number of anilines is 3. The third-order valence-corrected chi connectivity index (χ3v) is 4.93. The van der Waals surface area contributed by atoms with Crippen LogP contribution in [-0.2, 0) is 0 Å². The van der Waals surface area contributed by atoms with Crippen molar-refractivity contribution in [3.63, 3.8) is 0 Å². The zero-order chi connectivity index (χ0) is 15.2. The predicted octanol–water partition coefficient (Wildman–Crippen LogP) is -0.264. The standard InChI is InChI=1S/C14H22N4O3/c1-2-14(21)10(5-8(6-19)12(14)20)18-7-17-11-9(18)3-4-16-13(11)15/h3-4,8,10,12,17,19-21H,2,5-7H2,1H3,(H2,15,16)/t8-,10-,12?,14?/m1/s1. The second kappa shape index (κ2) is 5.01. The van der Waals surface area contributed by atoms with Crippen molar-refractivity contribution in [2.24, 2.45) is 5.92 Å². The molecule has 1 aromatic rings. The third kappa shape index (κ3) is 1.96. The van der Waals surface area contributed by atoms with Crippen LogP contribution in [0.3, 0.4) is 0 Å². The van der Waals surface area contributed by atoms with E-state index in [-0.39, 0.29) is 18.6 Å². The van der Waals surface area contributed by atoms with Gasteiger partial charge in [0.1, 0.15) is 17.1 Å². The van der Waals surface area contributed by atoms with Gasteiger partial charge in [-0.25, -0.2) is 4.98 Å². The van der Waals surface area contributed by atoms with Crippen LogP contribution in [-0.4, -0.2) is 51.3 Å². The molecule has 2 heterocycles. The predicted molar refractivity (Wildman–Crippen MR) is 79.8 cm³/mol. The van der Waals surface area contributed by atoms with Gasteiger partial charge in [-0.3, -0.25) is 0 Å². The maximum absolute atomic E-state index is 10.9. The molecular weight excluding hydrogens is 272 g/mol. The first-order valence-corrected chi connectivity index (χ1v) is 7.29. The van der Waals surface area contributed by atoms with Crippen molar-refractivity contribution < 1.29 is 15.3 Å². The highest BCUT2D eigenvalue weighted by atomic mass is 16.3. The monoisotopic (exact) mass is 294 g/mol. The number of nitrogens with two attached hydrogens (primary N) is 1. The molecular formula is C14H22N4O3. The molecule has 7 nitrogen and oxygen atoms in total. The molecule has 1 aliphatic carbocycles. The van der Waals surface area contributed by atoms with E-state index in [2.05, 4.69) is 10.3 Å². The van der Waals surface area contributed by atoms with Crippen LogP contribution in [0.2, 0.25) is 0 Å². The summed E-state index contributed by atoms with van der Waals surface area (Å²) >= 11 is 0. The normalized spacial score (nSPS) is 34.9. The summed E-state index contributed by atoms with van der Waals surface area (Å²) in [5.74, 6) is 0.107. The highest BCUT2D eigenvalue weighted by molar-refractivity contribution is 5.83. The molecule has 4 atom stereocenters. The molecule has 0 bridgehead atoms. The van der Waals surface area contributed by atoms with Crippen LogP contribution >= 0.6 is 0 Å². The SMILES string of the molecule is CCC1(O)C(O)[C@@H](CO)C[C@H]1N1CNc2c1ccnc2N. The van der Waals surface area contributed by atoms with Crippen LogP contribution < -0.4 is 16.0 Å². The van der Waals surface area contributed by atoms with Gasteiger partial charge >= 0.3 is 0 Å². The Balaban J connectivity index is 1.97. The zero-order valence-electron chi connectivity index (χ0n) is 12.0. The Bertz CT molecular complexity index is 541. The number of nitrogens with one attached hydrogen (secondary N) is 1. The van der Waals surface area contributed by atoms with Gasteiger partial charge in [0.25, 0.3) is 0 Å². The maximum Gasteiger partial charge on any atom is 0.148 e. The summed E-state index contributed by atoms with van der Waals surface area (Å²) in [4.78, 5) is 6.06. The fourth-order valence-corrected chi connectivity index (χ4v) is 3.66. The molecule has 2 aliphatic rings. The number of aliphatic hydroxyl groups excluding tert-OH is 2. The van der Waals surface area contributed by atoms with Crippen molar-refractivity contribution in [1.82, 2.24) is 4.98 Å². The molecule has 0 spiro atoms. The second-order valence-corrected chi connectivity index (χ2v) is 5.88. The van der Waals surface area contributed by atoms with Gasteiger partial charge in [-0.05, 0) is 18.9 Å². The van der Waals surface area contributed by atoms with Gasteiger partial charge in [-0.1, -0.05) is 6.92 Å². The molecule has 6 N–H and O–H groups in total. The smallest absolute Gasteiger partial charge is 0.148 e. The number of aromatic nitrogens is 1. The Labute approximate surface area is 123 Å². The first kappa shape index (κ1) is 14.4. The van der Waals surface area contributed by atoms with Crippen molar-refractivity contribution >= 4 is 17.2 Å². The summed E-state index contributed by atoms with van der Waals surface area (Å²) in [5, 5.41) is 33.9. The van der Waals surface area contributed by atoms with Crippen molar-refractivity contribution in [1.29, 1.82) is 0 Å². The van der Waals surface area contributed by atoms with Crippen LogP contribution in [0, 0.1) is 5.92 Å². The number of nitrogens with zero attached hydrogens (tertiary/aromatic N) is 2. The Morgan fingerprint density at radius 2 is 2.33 bits per heavy atom. The summed E-state index contributed by atoms with van der Waals surface area (Å²) < 4.78 is 0. The first-order chi connectivity index (χ1) is 10.0. The Morgan fingerprint density at radius 3 is 3.00 bits per heavy atom. The fraction of sp³-hybridized carbons (Fsp3) is 0.643. The van der Waals surface area contributed by atoms with Crippen molar-refractivity contribution in [2.75, 3.05) is 29.2 Å². The molecule has 1 aliphatic heterocycles. The highest BCUT2D eigenvalue weighted by Crippen LogP contribution is 2.45. The lowest BCUT2D eigenvalue weighted by molar-refractivity contribution is -0.0826. The number of hydrogen-bond donors (Lipinski definition) is 5. The van der Waals surface area contributed by atoms with E-state index in [4.69, 9.17) is 5.73 Å². The highest BCUT2D eigenvalue weighted by Gasteiger charge is 2.55. The van der Waals surface area contributed by atoms with Gasteiger partial charge < -0.3 is 31.3 Å². The second-order valence-electron chi connectivity index (χ2n) is 5.88. The Hall–Kier alpha value is -1.57. The molecule has 0 aromatic carbocycles. The van der Waals surface area contributed by atoms with Crippen LogP contribution in [0.4, 0.5) is 17.2 Å². The van der Waals surface area contributed by atoms with E-state index in [9.17, 15) is 15.3 Å². The van der Waals surface area contributed by atoms with Crippen LogP contribution in [0.15, 0.2) is 12.3 Å². The average Bonchev–Trinajstić information content (AvgIpc) is 3.01. The zero-order valence-corrected chi connectivity index (χ0v) is 12.0. The van der Waals surface area contributed by atoms with Gasteiger partial charge in [0.2, 0.25) is 0 Å². The van der Waals surface area contributed by atoms with Gasteiger partial charge in [-0.2, -0.15) is 0 Å². The minimum atomic E-state index is -1.24. The number of hydrogen-bond acceptors (Lipinski definition) is 7. The molecule has 0 radical (unpaired) electrons. The van der Waals surface area contributed by atoms with Crippen molar-refractivity contribution in [3.05, 3.63) is 12.3 Å². The first-order valence-electron chi connectivity index (χ1n) is 7.29. The van der Waals surface area contributed by atoms with Gasteiger partial charge in [0.05, 0.1) is 24.5 Å². The van der Waals surface area contributed by atoms with Gasteiger partial charge in [0.15, 0.2) is 0 Å². The van der Waals surface area contributed by atoms with Crippen LogP contribution in [0.1, 0.15) is 19.8 Å². The van der Waals surface area contributed by atoms with Gasteiger partial charge in [0, 0.05) is 18.7 Å². The minimum absolute atomic E-state index is 0.132. The van der Waals surface area contributed by atoms with E-state index in [1.807, 2.05) is 17.9 Å². The topological polar surface area (TPSA) is 115 Å². The number of aliphatic hydroxyl groups is 3. The Morgan fingerprint density at radius 1 is 1.57 bits per heavy atom. The number of pyridine rings is 1. The van der Waals surface area contributed by atoms with E-state index >= 15 is 0 Å². The molecule has 1 fully saturated rings. The van der Waals surface area contributed by atoms with E-state index in [0.29, 0.717) is 25.3 Å².